The number of anilines is 3. The van der Waals surface area contributed by atoms with E-state index in [4.69, 9.17) is 0 Å². The number of hydrogen-bond acceptors (Lipinski definition) is 5. The van der Waals surface area contributed by atoms with Crippen LogP contribution in [0.1, 0.15) is 25.0 Å². The van der Waals surface area contributed by atoms with E-state index < -0.39 is 15.3 Å². The average molecular weight is 505 g/mol. The number of carbonyl (C=O) groups excluding carboxylic acids is 1. The Balaban J connectivity index is 1.72. The van der Waals surface area contributed by atoms with Gasteiger partial charge in [-0.1, -0.05) is 48.5 Å². The van der Waals surface area contributed by atoms with E-state index >= 15 is 0 Å². The number of benzene rings is 3. The number of fused-ring (bicyclic) bond motifs is 1. The fourth-order valence-corrected chi connectivity index (χ4v) is 5.31. The lowest BCUT2D eigenvalue weighted by Crippen LogP contribution is -2.40. The molecule has 0 bridgehead atoms. The van der Waals surface area contributed by atoms with E-state index in [-0.39, 0.29) is 5.91 Å². The van der Waals surface area contributed by atoms with Crippen molar-refractivity contribution in [2.75, 3.05) is 42.1 Å². The second-order valence-electron chi connectivity index (χ2n) is 9.26. The molecule has 7 nitrogen and oxygen atoms in total. The Morgan fingerprint density at radius 1 is 0.889 bits per heavy atom. The molecular formula is C28H32N4O3S. The fraction of sp³-hybridized carbons (Fsp3) is 0.250. The van der Waals surface area contributed by atoms with E-state index in [0.29, 0.717) is 30.0 Å². The highest BCUT2D eigenvalue weighted by Gasteiger charge is 2.29. The second kappa shape index (κ2) is 10.6. The van der Waals surface area contributed by atoms with Crippen molar-refractivity contribution in [3.63, 3.8) is 0 Å². The third-order valence-electron chi connectivity index (χ3n) is 6.06. The molecule has 4 rings (SSSR count). The number of nitrogens with zero attached hydrogens (tertiary/aromatic N) is 2. The molecule has 0 fully saturated rings. The highest BCUT2D eigenvalue weighted by atomic mass is 32.2. The van der Waals surface area contributed by atoms with Gasteiger partial charge in [-0.25, -0.2) is 8.42 Å². The van der Waals surface area contributed by atoms with E-state index in [0.717, 1.165) is 22.5 Å². The molecule has 0 saturated carbocycles. The Morgan fingerprint density at radius 2 is 1.53 bits per heavy atom. The van der Waals surface area contributed by atoms with Crippen molar-refractivity contribution in [2.45, 2.75) is 19.1 Å². The maximum Gasteiger partial charge on any atom is 0.258 e. The van der Waals surface area contributed by atoms with E-state index in [1.165, 1.54) is 4.31 Å². The molecule has 0 aliphatic carbocycles. The van der Waals surface area contributed by atoms with Crippen molar-refractivity contribution in [1.29, 1.82) is 0 Å². The van der Waals surface area contributed by atoms with Crippen LogP contribution in [0.3, 0.4) is 0 Å². The number of hydrogen-bond donors (Lipinski definition) is 2. The van der Waals surface area contributed by atoms with Gasteiger partial charge in [0.2, 0.25) is 10.0 Å². The Labute approximate surface area is 213 Å². The van der Waals surface area contributed by atoms with Gasteiger partial charge in [0, 0.05) is 30.0 Å². The van der Waals surface area contributed by atoms with Gasteiger partial charge >= 0.3 is 0 Å². The first-order valence-electron chi connectivity index (χ1n) is 11.9. The van der Waals surface area contributed by atoms with Crippen LogP contribution < -0.4 is 14.9 Å². The van der Waals surface area contributed by atoms with Gasteiger partial charge in [0.25, 0.3) is 5.91 Å². The zero-order chi connectivity index (χ0) is 25.9. The standard InChI is InChI=1S/C28H32N4O3S/c1-20(2)36(34,35)32(19-18-31(3)4)23-16-14-22(15-17-23)29-27(21-10-6-5-7-11-21)26-24-12-8-9-13-25(24)30-28(26)33/h5-17,20,29H,18-19H2,1-4H3,(H,30,33)/b27-26-. The Hall–Kier alpha value is -3.62. The summed E-state index contributed by atoms with van der Waals surface area (Å²) in [5, 5.41) is 5.84. The van der Waals surface area contributed by atoms with Gasteiger partial charge in [0.1, 0.15) is 0 Å². The number of para-hydroxylation sites is 1. The van der Waals surface area contributed by atoms with Crippen LogP contribution in [0.4, 0.5) is 17.1 Å². The zero-order valence-electron chi connectivity index (χ0n) is 21.0. The topological polar surface area (TPSA) is 81.8 Å². The Morgan fingerprint density at radius 3 is 2.17 bits per heavy atom. The minimum atomic E-state index is -3.50. The van der Waals surface area contributed by atoms with Crippen LogP contribution in [-0.2, 0) is 14.8 Å². The van der Waals surface area contributed by atoms with Crippen LogP contribution in [0.25, 0.3) is 11.3 Å². The molecule has 0 aromatic heterocycles. The summed E-state index contributed by atoms with van der Waals surface area (Å²) >= 11 is 0. The SMILES string of the molecule is CC(C)S(=O)(=O)N(CCN(C)C)c1ccc(N/C(=C2\C(=O)Nc3ccccc32)c2ccccc2)cc1. The van der Waals surface area contributed by atoms with Gasteiger partial charge in [0.05, 0.1) is 22.2 Å². The third-order valence-corrected chi connectivity index (χ3v) is 8.26. The predicted octanol–water partition coefficient (Wildman–Crippen LogP) is 4.73. The first-order valence-corrected chi connectivity index (χ1v) is 13.4. The van der Waals surface area contributed by atoms with Crippen molar-refractivity contribution in [3.8, 4) is 0 Å². The van der Waals surface area contributed by atoms with Crippen molar-refractivity contribution in [2.24, 2.45) is 0 Å². The lowest BCUT2D eigenvalue weighted by molar-refractivity contribution is -0.110. The predicted molar refractivity (Wildman–Crippen MR) is 148 cm³/mol. The summed E-state index contributed by atoms with van der Waals surface area (Å²) in [6, 6.07) is 24.6. The lowest BCUT2D eigenvalue weighted by atomic mass is 10.00. The largest absolute Gasteiger partial charge is 0.354 e. The van der Waals surface area contributed by atoms with Crippen molar-refractivity contribution >= 4 is 44.3 Å². The van der Waals surface area contributed by atoms with Crippen molar-refractivity contribution in [3.05, 3.63) is 90.0 Å². The average Bonchev–Trinajstić information content (AvgIpc) is 3.19. The molecule has 36 heavy (non-hydrogen) atoms. The van der Waals surface area contributed by atoms with Crippen LogP contribution in [0.5, 0.6) is 0 Å². The number of rotatable bonds is 9. The molecule has 0 saturated heterocycles. The first kappa shape index (κ1) is 25.5. The van der Waals surface area contributed by atoms with Crippen LogP contribution in [0.15, 0.2) is 78.9 Å². The smallest absolute Gasteiger partial charge is 0.258 e. The number of amides is 1. The highest BCUT2D eigenvalue weighted by Crippen LogP contribution is 2.37. The minimum absolute atomic E-state index is 0.169. The molecule has 1 aliphatic heterocycles. The van der Waals surface area contributed by atoms with Crippen molar-refractivity contribution in [1.82, 2.24) is 4.90 Å². The third kappa shape index (κ3) is 5.29. The van der Waals surface area contributed by atoms with Gasteiger partial charge < -0.3 is 15.5 Å². The van der Waals surface area contributed by atoms with Crippen LogP contribution in [-0.4, -0.2) is 51.7 Å². The second-order valence-corrected chi connectivity index (χ2v) is 11.7. The molecule has 1 aliphatic rings. The molecule has 0 unspecified atom stereocenters. The molecule has 188 valence electrons. The summed E-state index contributed by atoms with van der Waals surface area (Å²) in [7, 11) is 0.343. The Kier molecular flexibility index (Phi) is 7.47. The molecular weight excluding hydrogens is 472 g/mol. The maximum absolute atomic E-state index is 13.1. The molecule has 0 spiro atoms. The number of nitrogens with one attached hydrogen (secondary N) is 2. The molecule has 1 amide bonds. The zero-order valence-corrected chi connectivity index (χ0v) is 21.8. The summed E-state index contributed by atoms with van der Waals surface area (Å²) in [6.07, 6.45) is 0. The summed E-state index contributed by atoms with van der Waals surface area (Å²) in [4.78, 5) is 15.0. The molecule has 0 atom stereocenters. The van der Waals surface area contributed by atoms with E-state index in [9.17, 15) is 13.2 Å². The molecule has 3 aromatic rings. The summed E-state index contributed by atoms with van der Waals surface area (Å²) in [5.74, 6) is -0.169. The highest BCUT2D eigenvalue weighted by molar-refractivity contribution is 7.93. The van der Waals surface area contributed by atoms with Gasteiger partial charge in [-0.15, -0.1) is 0 Å². The summed E-state index contributed by atoms with van der Waals surface area (Å²) in [6.45, 7) is 4.34. The van der Waals surface area contributed by atoms with Gasteiger partial charge in [-0.2, -0.15) is 0 Å². The van der Waals surface area contributed by atoms with Crippen LogP contribution in [0.2, 0.25) is 0 Å². The van der Waals surface area contributed by atoms with Crippen molar-refractivity contribution < 1.29 is 13.2 Å². The van der Waals surface area contributed by atoms with Gasteiger partial charge in [-0.3, -0.25) is 9.10 Å². The molecule has 2 N–H and O–H groups in total. The quantitative estimate of drug-likeness (QED) is 0.412. The maximum atomic E-state index is 13.1. The lowest BCUT2D eigenvalue weighted by Gasteiger charge is -2.28. The van der Waals surface area contributed by atoms with E-state index in [1.807, 2.05) is 85.7 Å². The summed E-state index contributed by atoms with van der Waals surface area (Å²) < 4.78 is 27.6. The van der Waals surface area contributed by atoms with Crippen LogP contribution in [0, 0.1) is 0 Å². The van der Waals surface area contributed by atoms with Gasteiger partial charge in [-0.05, 0) is 63.8 Å². The number of sulfonamides is 1. The minimum Gasteiger partial charge on any atom is -0.354 e. The summed E-state index contributed by atoms with van der Waals surface area (Å²) in [5.41, 5.74) is 5.09. The van der Waals surface area contributed by atoms with Crippen LogP contribution >= 0.6 is 0 Å². The fourth-order valence-electron chi connectivity index (χ4n) is 4.05. The molecule has 8 heteroatoms. The Bertz CT molecular complexity index is 1370. The van der Waals surface area contributed by atoms with Gasteiger partial charge in [0.15, 0.2) is 0 Å². The van der Waals surface area contributed by atoms with E-state index in [1.54, 1.807) is 26.0 Å². The number of likely N-dealkylation sites (N-methyl/N-ethyl adjacent to an activating group) is 1. The number of carbonyl (C=O) groups is 1. The normalized spacial score (nSPS) is 14.6. The monoisotopic (exact) mass is 504 g/mol. The first-order chi connectivity index (χ1) is 17.2. The molecule has 0 radical (unpaired) electrons. The molecule has 1 heterocycles. The molecule has 3 aromatic carbocycles. The van der Waals surface area contributed by atoms with E-state index in [2.05, 4.69) is 10.6 Å².